The van der Waals surface area contributed by atoms with E-state index in [4.69, 9.17) is 16.7 Å². The number of nitrogens with one attached hydrogen (secondary N) is 2. The smallest absolute Gasteiger partial charge is 0.225 e. The third-order valence-corrected chi connectivity index (χ3v) is 3.66. The topological polar surface area (TPSA) is 70.1 Å². The Kier molecular flexibility index (Phi) is 5.25. The molecule has 6 heteroatoms. The molecule has 0 saturated heterocycles. The number of aliphatic hydroxyl groups excluding tert-OH is 1. The fourth-order valence-corrected chi connectivity index (χ4v) is 2.40. The van der Waals surface area contributed by atoms with Crippen molar-refractivity contribution in [2.24, 2.45) is 0 Å². The molecule has 0 aliphatic heterocycles. The second-order valence-corrected chi connectivity index (χ2v) is 5.49. The SMILES string of the molecule is OCCNc1nc(Nc2ccccc2Cl)cc(-c2ccccc2)n1. The summed E-state index contributed by atoms with van der Waals surface area (Å²) >= 11 is 6.20. The Bertz CT molecular complexity index is 811. The van der Waals surface area contributed by atoms with Crippen LogP contribution >= 0.6 is 11.6 Å². The predicted molar refractivity (Wildman–Crippen MR) is 97.8 cm³/mol. The van der Waals surface area contributed by atoms with E-state index in [0.29, 0.717) is 23.3 Å². The molecule has 0 fully saturated rings. The minimum absolute atomic E-state index is 0.00615. The van der Waals surface area contributed by atoms with Crippen LogP contribution < -0.4 is 10.6 Å². The van der Waals surface area contributed by atoms with Crippen LogP contribution in [0.3, 0.4) is 0 Å². The lowest BCUT2D eigenvalue weighted by atomic mass is 10.1. The molecule has 3 aromatic rings. The van der Waals surface area contributed by atoms with Gasteiger partial charge in [-0.15, -0.1) is 0 Å². The lowest BCUT2D eigenvalue weighted by molar-refractivity contribution is 0.311. The summed E-state index contributed by atoms with van der Waals surface area (Å²) in [4.78, 5) is 8.93. The number of para-hydroxylation sites is 1. The van der Waals surface area contributed by atoms with Gasteiger partial charge in [0, 0.05) is 18.2 Å². The van der Waals surface area contributed by atoms with E-state index in [1.54, 1.807) is 0 Å². The first-order chi connectivity index (χ1) is 11.8. The zero-order valence-corrected chi connectivity index (χ0v) is 13.7. The maximum Gasteiger partial charge on any atom is 0.225 e. The molecule has 0 aliphatic carbocycles. The predicted octanol–water partition coefficient (Wildman–Crippen LogP) is 3.94. The van der Waals surface area contributed by atoms with Gasteiger partial charge in [0.25, 0.3) is 0 Å². The van der Waals surface area contributed by atoms with Gasteiger partial charge < -0.3 is 15.7 Å². The van der Waals surface area contributed by atoms with Gasteiger partial charge >= 0.3 is 0 Å². The number of aromatic nitrogens is 2. The molecular formula is C18H17ClN4O. The Morgan fingerprint density at radius 3 is 2.46 bits per heavy atom. The molecule has 0 amide bonds. The molecule has 2 aromatic carbocycles. The number of benzene rings is 2. The average molecular weight is 341 g/mol. The Morgan fingerprint density at radius 2 is 1.71 bits per heavy atom. The minimum Gasteiger partial charge on any atom is -0.395 e. The Morgan fingerprint density at radius 1 is 0.958 bits per heavy atom. The van der Waals surface area contributed by atoms with Crippen LogP contribution in [0, 0.1) is 0 Å². The van der Waals surface area contributed by atoms with Crippen molar-refractivity contribution in [3.05, 3.63) is 65.7 Å². The van der Waals surface area contributed by atoms with Crippen molar-refractivity contribution in [3.8, 4) is 11.3 Å². The molecule has 24 heavy (non-hydrogen) atoms. The van der Waals surface area contributed by atoms with Crippen LogP contribution in [-0.2, 0) is 0 Å². The lowest BCUT2D eigenvalue weighted by Gasteiger charge is -2.12. The summed E-state index contributed by atoms with van der Waals surface area (Å²) in [6.07, 6.45) is 0. The van der Waals surface area contributed by atoms with E-state index < -0.39 is 0 Å². The summed E-state index contributed by atoms with van der Waals surface area (Å²) in [5, 5.41) is 15.8. The van der Waals surface area contributed by atoms with Crippen LogP contribution in [0.15, 0.2) is 60.7 Å². The second-order valence-electron chi connectivity index (χ2n) is 5.08. The fourth-order valence-electron chi connectivity index (χ4n) is 2.22. The van der Waals surface area contributed by atoms with Gasteiger partial charge in [0.05, 0.1) is 23.0 Å². The quantitative estimate of drug-likeness (QED) is 0.634. The number of anilines is 3. The van der Waals surface area contributed by atoms with Gasteiger partial charge in [-0.1, -0.05) is 54.1 Å². The number of rotatable bonds is 6. The zero-order chi connectivity index (χ0) is 16.8. The van der Waals surface area contributed by atoms with E-state index >= 15 is 0 Å². The van der Waals surface area contributed by atoms with E-state index in [9.17, 15) is 0 Å². The first-order valence-corrected chi connectivity index (χ1v) is 7.95. The summed E-state index contributed by atoms with van der Waals surface area (Å²) in [6.45, 7) is 0.385. The number of halogens is 1. The van der Waals surface area contributed by atoms with Crippen molar-refractivity contribution in [1.82, 2.24) is 9.97 Å². The van der Waals surface area contributed by atoms with Gasteiger partial charge in [-0.2, -0.15) is 4.98 Å². The molecule has 122 valence electrons. The first kappa shape index (κ1) is 16.2. The first-order valence-electron chi connectivity index (χ1n) is 7.57. The molecule has 0 saturated carbocycles. The molecule has 5 nitrogen and oxygen atoms in total. The number of hydrogen-bond acceptors (Lipinski definition) is 5. The van der Waals surface area contributed by atoms with Gasteiger partial charge in [0.15, 0.2) is 0 Å². The van der Waals surface area contributed by atoms with Crippen molar-refractivity contribution in [2.45, 2.75) is 0 Å². The van der Waals surface area contributed by atoms with Gasteiger partial charge in [0.2, 0.25) is 5.95 Å². The van der Waals surface area contributed by atoms with Crippen LogP contribution in [0.25, 0.3) is 11.3 Å². The minimum atomic E-state index is 0.00615. The normalized spacial score (nSPS) is 10.4. The molecule has 0 bridgehead atoms. The van der Waals surface area contributed by atoms with E-state index in [2.05, 4.69) is 20.6 Å². The monoisotopic (exact) mass is 340 g/mol. The average Bonchev–Trinajstić information content (AvgIpc) is 2.62. The van der Waals surface area contributed by atoms with E-state index in [1.807, 2.05) is 60.7 Å². The number of hydrogen-bond donors (Lipinski definition) is 3. The molecule has 3 N–H and O–H groups in total. The third-order valence-electron chi connectivity index (χ3n) is 3.33. The summed E-state index contributed by atoms with van der Waals surface area (Å²) in [7, 11) is 0. The molecule has 0 radical (unpaired) electrons. The molecule has 1 heterocycles. The van der Waals surface area contributed by atoms with Crippen LogP contribution in [0.2, 0.25) is 5.02 Å². The highest BCUT2D eigenvalue weighted by atomic mass is 35.5. The van der Waals surface area contributed by atoms with E-state index in [-0.39, 0.29) is 6.61 Å². The summed E-state index contributed by atoms with van der Waals surface area (Å²) in [5.74, 6) is 1.07. The van der Waals surface area contributed by atoms with Gasteiger partial charge in [-0.25, -0.2) is 4.98 Å². The second kappa shape index (κ2) is 7.77. The fraction of sp³-hybridized carbons (Fsp3) is 0.111. The summed E-state index contributed by atoms with van der Waals surface area (Å²) in [5.41, 5.74) is 2.53. The Labute approximate surface area is 145 Å². The van der Waals surface area contributed by atoms with E-state index in [1.165, 1.54) is 0 Å². The van der Waals surface area contributed by atoms with Gasteiger partial charge in [0.1, 0.15) is 5.82 Å². The van der Waals surface area contributed by atoms with Crippen LogP contribution in [0.1, 0.15) is 0 Å². The maximum absolute atomic E-state index is 9.00. The van der Waals surface area contributed by atoms with Crippen LogP contribution in [-0.4, -0.2) is 28.2 Å². The molecule has 0 spiro atoms. The van der Waals surface area contributed by atoms with Crippen LogP contribution in [0.5, 0.6) is 0 Å². The zero-order valence-electron chi connectivity index (χ0n) is 12.9. The standard InChI is InChI=1S/C18H17ClN4O/c19-14-8-4-5-9-15(14)21-17-12-16(13-6-2-1-3-7-13)22-18(23-17)20-10-11-24/h1-9,12,24H,10-11H2,(H2,20,21,22,23). The molecule has 0 atom stereocenters. The molecule has 3 rings (SSSR count). The van der Waals surface area contributed by atoms with Crippen LogP contribution in [0.4, 0.5) is 17.5 Å². The lowest BCUT2D eigenvalue weighted by Crippen LogP contribution is -2.10. The summed E-state index contributed by atoms with van der Waals surface area (Å²) < 4.78 is 0. The number of nitrogens with zero attached hydrogens (tertiary/aromatic N) is 2. The number of aliphatic hydroxyl groups is 1. The Balaban J connectivity index is 1.97. The molecule has 1 aromatic heterocycles. The van der Waals surface area contributed by atoms with Crippen molar-refractivity contribution >= 4 is 29.1 Å². The third kappa shape index (κ3) is 4.01. The largest absolute Gasteiger partial charge is 0.395 e. The van der Waals surface area contributed by atoms with Gasteiger partial charge in [-0.05, 0) is 12.1 Å². The van der Waals surface area contributed by atoms with Crippen molar-refractivity contribution in [3.63, 3.8) is 0 Å². The van der Waals surface area contributed by atoms with Crippen molar-refractivity contribution < 1.29 is 5.11 Å². The highest BCUT2D eigenvalue weighted by molar-refractivity contribution is 6.33. The van der Waals surface area contributed by atoms with Gasteiger partial charge in [-0.3, -0.25) is 0 Å². The molecule has 0 aliphatic rings. The summed E-state index contributed by atoms with van der Waals surface area (Å²) in [6, 6.07) is 19.2. The maximum atomic E-state index is 9.00. The highest BCUT2D eigenvalue weighted by Gasteiger charge is 2.08. The molecule has 0 unspecified atom stereocenters. The van der Waals surface area contributed by atoms with E-state index in [0.717, 1.165) is 16.9 Å². The van der Waals surface area contributed by atoms with Crippen molar-refractivity contribution in [1.29, 1.82) is 0 Å². The Hall–Kier alpha value is -2.63. The highest BCUT2D eigenvalue weighted by Crippen LogP contribution is 2.27. The van der Waals surface area contributed by atoms with Crippen molar-refractivity contribution in [2.75, 3.05) is 23.8 Å². The molecular weight excluding hydrogens is 324 g/mol.